The predicted octanol–water partition coefficient (Wildman–Crippen LogP) is 24.9. The fourth-order valence-corrected chi connectivity index (χ4v) is 28.4. The van der Waals surface area contributed by atoms with Crippen molar-refractivity contribution in [2.24, 2.45) is 32.5 Å². The third-order valence-corrected chi connectivity index (χ3v) is 34.3. The summed E-state index contributed by atoms with van der Waals surface area (Å²) in [5.41, 5.74) is 33.9. The first-order valence-corrected chi connectivity index (χ1v) is 52.2. The molecule has 754 valence electrons. The summed E-state index contributed by atoms with van der Waals surface area (Å²) in [5.74, 6) is 1.02. The lowest BCUT2D eigenvalue weighted by atomic mass is 9.57. The summed E-state index contributed by atoms with van der Waals surface area (Å²) in [6.45, 7) is 45.0. The van der Waals surface area contributed by atoms with Gasteiger partial charge in [0.05, 0.1) is 65.1 Å². The van der Waals surface area contributed by atoms with E-state index in [9.17, 15) is 43.7 Å². The summed E-state index contributed by atoms with van der Waals surface area (Å²) in [6, 6.07) is 55.3. The number of Topliss-reactive ketones (excluding diaryl/α,β-unsaturated/α-hetero) is 6. The second-order valence-corrected chi connectivity index (χ2v) is 49.5. The molecule has 4 unspecified atom stereocenters. The van der Waals surface area contributed by atoms with Crippen LogP contribution in [0.15, 0.2) is 250 Å². The lowest BCUT2D eigenvalue weighted by molar-refractivity contribution is -0.119. The molecule has 21 heteroatoms. The maximum atomic E-state index is 14.7. The molecule has 0 radical (unpaired) electrons. The number of H-pyrrole nitrogens is 6. The number of carbonyl (C=O) groups excluding carboxylic acids is 6. The van der Waals surface area contributed by atoms with Crippen molar-refractivity contribution >= 4 is 34.7 Å². The van der Waals surface area contributed by atoms with Gasteiger partial charge in [0.15, 0.2) is 34.7 Å². The molecule has 6 aromatic carbocycles. The van der Waals surface area contributed by atoms with Crippen molar-refractivity contribution in [3.05, 3.63) is 384 Å². The monoisotopic (exact) mass is 1960 g/mol. The van der Waals surface area contributed by atoms with E-state index in [-0.39, 0.29) is 55.3 Å². The van der Waals surface area contributed by atoms with E-state index in [1.54, 1.807) is 12.1 Å². The van der Waals surface area contributed by atoms with Crippen LogP contribution in [0, 0.1) is 81.9 Å². The highest BCUT2D eigenvalue weighted by Gasteiger charge is 2.57. The van der Waals surface area contributed by atoms with E-state index in [0.29, 0.717) is 79.0 Å². The zero-order valence-corrected chi connectivity index (χ0v) is 89.2. The smallest absolute Gasteiger partial charge is 0.237 e. The largest absolute Gasteiger partial charge is 0.294 e. The second kappa shape index (κ2) is 37.1. The summed E-state index contributed by atoms with van der Waals surface area (Å²) >= 11 is 0. The van der Waals surface area contributed by atoms with Crippen molar-refractivity contribution < 1.29 is 33.2 Å². The van der Waals surface area contributed by atoms with E-state index in [1.165, 1.54) is 66.9 Å². The number of nitrogens with one attached hydrogen (secondary N) is 6. The normalized spacial score (nSPS) is 25.0. The Labute approximate surface area is 862 Å². The van der Waals surface area contributed by atoms with Crippen molar-refractivity contribution in [3.63, 3.8) is 0 Å². The third kappa shape index (κ3) is 17.8. The van der Waals surface area contributed by atoms with Gasteiger partial charge in [0.2, 0.25) is 5.95 Å². The van der Waals surface area contributed by atoms with Crippen LogP contribution in [0.3, 0.4) is 0 Å². The van der Waals surface area contributed by atoms with Gasteiger partial charge in [-0.05, 0) is 190 Å². The van der Waals surface area contributed by atoms with Crippen LogP contribution in [-0.4, -0.2) is 95.9 Å². The average molecular weight is 1960 g/mol. The van der Waals surface area contributed by atoms with Gasteiger partial charge in [-0.3, -0.25) is 59.4 Å². The second-order valence-electron chi connectivity index (χ2n) is 49.5. The number of rotatable bonds is 7. The Kier molecular flexibility index (Phi) is 25.6. The quantitative estimate of drug-likeness (QED) is 0.0864. The SMILES string of the molecule is CC1(C)CC(=O)C2=C(Cc3[nH]ncc3C2(C)c2cccc(C#N)c2)C1.CC1(C)CC(=O)C2=C(Cc3[nH]ncc3[C@]2(C)c2cccc(C#N)c2)C1.CCC1(c2ccccc2)C2=C(Cc3[nH]ncc31)CC(C)(C)CC2=O.Cc1cccc(C2(C)C3=C(Cc4[nH]nc(F)c42)CC(C)(C)CC3=O)c1.Cc1cccc(C2(C)C3=C(Cc4[nH]ncc42)CC(C)(C)CC3=O)c1.Cc1cccc([C@]2(C)C3=C(Cc4[nH]ncc42)CC(C)(C)CC3=O)c1. The molecule has 0 bridgehead atoms. The van der Waals surface area contributed by atoms with Gasteiger partial charge >= 0.3 is 0 Å². The number of nitrogens with zero attached hydrogens (tertiary/aromatic N) is 8. The van der Waals surface area contributed by atoms with Crippen LogP contribution >= 0.6 is 0 Å². The predicted molar refractivity (Wildman–Crippen MR) is 570 cm³/mol. The molecule has 0 amide bonds. The molecule has 147 heavy (non-hydrogen) atoms. The first-order valence-electron chi connectivity index (χ1n) is 52.2. The highest BCUT2D eigenvalue weighted by atomic mass is 19.1. The van der Waals surface area contributed by atoms with Crippen LogP contribution in [0.5, 0.6) is 0 Å². The van der Waals surface area contributed by atoms with E-state index < -0.39 is 33.0 Å². The summed E-state index contributed by atoms with van der Waals surface area (Å²) in [7, 11) is 0. The highest BCUT2D eigenvalue weighted by Crippen LogP contribution is 2.61. The zero-order chi connectivity index (χ0) is 105. The molecule has 12 aliphatic rings. The van der Waals surface area contributed by atoms with Crippen LogP contribution in [0.1, 0.15) is 337 Å². The number of aromatic amines is 6. The molecular formula is C126H137FN14O6. The van der Waals surface area contributed by atoms with Crippen LogP contribution in [0.4, 0.5) is 4.39 Å². The number of hydrogen-bond acceptors (Lipinski definition) is 14. The molecule has 0 saturated carbocycles. The topological polar surface area (TPSA) is 322 Å². The standard InChI is InChI=1S/C21H23FN2O.2C21H21N3O.3C21H24N2O/c1-12-6-5-7-14(8-12)21(4)17-13(10-20(2,3)11-16(17)25)9-15-18(21)19(22)24-23-15;2*1-20(2)9-14-8-17-16(12-23-24-17)21(3,19(14)18(25)10-20)15-6-4-5-13(7-15)11-22;2*1-13-6-5-7-15(8-13)21(4)16-12-22-23-17(16)9-14-10-20(2,3)11-18(24)19(14)21;1-4-21(15-8-6-5-7-9-15)16-13-22-23-17(16)10-14-11-20(2,3)12-18(24)19(14)21/h5-8H,9-11H2,1-4H3,(H,23,24);2*4-7,12H,8-10H2,1-3H3,(H,23,24);2*5-8,12H,9-11H2,1-4H3,(H,22,23);5-9,13H,4,10-12H2,1-3H3,(H,22,23)/t;21-;;21-;;/m.0.0../s1. The van der Waals surface area contributed by atoms with Crippen LogP contribution in [0.2, 0.25) is 0 Å². The molecule has 0 aliphatic heterocycles. The van der Waals surface area contributed by atoms with Crippen molar-refractivity contribution in [2.75, 3.05) is 0 Å². The van der Waals surface area contributed by atoms with Crippen LogP contribution < -0.4 is 0 Å². The molecule has 6 aromatic heterocycles. The van der Waals surface area contributed by atoms with Crippen LogP contribution in [-0.2, 0) is 99.8 Å². The first-order chi connectivity index (χ1) is 69.5. The molecule has 24 rings (SSSR count). The minimum Gasteiger partial charge on any atom is -0.294 e. The number of benzene rings is 6. The Morgan fingerprint density at radius 1 is 0.286 bits per heavy atom. The number of carbonyl (C=O) groups is 6. The first kappa shape index (κ1) is 102. The Bertz CT molecular complexity index is 7430. The lowest BCUT2D eigenvalue weighted by Gasteiger charge is -2.45. The zero-order valence-electron chi connectivity index (χ0n) is 89.2. The maximum Gasteiger partial charge on any atom is 0.237 e. The molecule has 6 N–H and O–H groups in total. The van der Waals surface area contributed by atoms with Gasteiger partial charge in [-0.1, -0.05) is 268 Å². The van der Waals surface area contributed by atoms with E-state index in [0.717, 1.165) is 189 Å². The third-order valence-electron chi connectivity index (χ3n) is 34.3. The van der Waals surface area contributed by atoms with Crippen molar-refractivity contribution in [1.29, 1.82) is 10.5 Å². The minimum atomic E-state index is -0.792. The number of aromatic nitrogens is 12. The Hall–Kier alpha value is -14.1. The molecule has 12 aliphatic carbocycles. The maximum absolute atomic E-state index is 14.7. The summed E-state index contributed by atoms with van der Waals surface area (Å²) in [5, 5.41) is 62.6. The Morgan fingerprint density at radius 3 is 0.823 bits per heavy atom. The fourth-order valence-electron chi connectivity index (χ4n) is 28.4. The number of nitriles is 2. The van der Waals surface area contributed by atoms with Gasteiger partial charge in [-0.2, -0.15) is 40.4 Å². The van der Waals surface area contributed by atoms with Crippen molar-refractivity contribution in [3.8, 4) is 12.1 Å². The number of aryl methyl sites for hydroxylation is 3. The Balaban J connectivity index is 0.000000111. The molecular weight excluding hydrogens is 1820 g/mol. The van der Waals surface area contributed by atoms with Gasteiger partial charge in [-0.15, -0.1) is 5.10 Å². The number of fused-ring (bicyclic) bond motifs is 6. The average Bonchev–Trinajstić information content (AvgIpc) is 1.62. The van der Waals surface area contributed by atoms with Gasteiger partial charge in [0.25, 0.3) is 0 Å². The molecule has 6 heterocycles. The van der Waals surface area contributed by atoms with Crippen molar-refractivity contribution in [2.45, 2.75) is 300 Å². The molecule has 0 spiro atoms. The molecule has 6 atom stereocenters. The van der Waals surface area contributed by atoms with E-state index in [1.807, 2.05) is 105 Å². The minimum absolute atomic E-state index is 0.0111. The van der Waals surface area contributed by atoms with E-state index in [4.69, 9.17) is 0 Å². The summed E-state index contributed by atoms with van der Waals surface area (Å²) in [6.07, 6.45) is 24.0. The van der Waals surface area contributed by atoms with E-state index in [2.05, 4.69) is 284 Å². The lowest BCUT2D eigenvalue weighted by Crippen LogP contribution is -2.42. The molecule has 20 nitrogen and oxygen atoms in total. The van der Waals surface area contributed by atoms with Gasteiger partial charge in [-0.25, -0.2) is 0 Å². The number of allylic oxidation sites excluding steroid dienone is 12. The Morgan fingerprint density at radius 2 is 0.531 bits per heavy atom. The van der Waals surface area contributed by atoms with Gasteiger partial charge in [0, 0.05) is 200 Å². The number of ketones is 6. The van der Waals surface area contributed by atoms with Crippen LogP contribution in [0.25, 0.3) is 0 Å². The van der Waals surface area contributed by atoms with Gasteiger partial charge < -0.3 is 0 Å². The molecule has 0 saturated heterocycles. The summed E-state index contributed by atoms with van der Waals surface area (Å²) < 4.78 is 14.7. The highest BCUT2D eigenvalue weighted by molar-refractivity contribution is 6.06. The summed E-state index contributed by atoms with van der Waals surface area (Å²) in [4.78, 5) is 79.0. The van der Waals surface area contributed by atoms with Crippen molar-refractivity contribution in [1.82, 2.24) is 61.2 Å². The number of hydrogen-bond donors (Lipinski definition) is 6. The fraction of sp³-hybridized carbons (Fsp3) is 0.413. The van der Waals surface area contributed by atoms with Gasteiger partial charge in [0.1, 0.15) is 0 Å². The molecule has 12 aromatic rings. The molecule has 0 fully saturated rings. The number of halogens is 1. The van der Waals surface area contributed by atoms with E-state index >= 15 is 0 Å².